The van der Waals surface area contributed by atoms with Crippen molar-refractivity contribution in [2.75, 3.05) is 0 Å². The number of carbonyl (C=O) groups is 1. The number of allylic oxidation sites excluding steroid dienone is 2. The summed E-state index contributed by atoms with van der Waals surface area (Å²) in [6.45, 7) is 6.11. The van der Waals surface area contributed by atoms with E-state index in [1.807, 2.05) is 0 Å². The first kappa shape index (κ1) is 8.51. The van der Waals surface area contributed by atoms with Crippen molar-refractivity contribution in [2.45, 2.75) is 33.6 Å². The topological polar surface area (TPSA) is 17.1 Å². The van der Waals surface area contributed by atoms with Crippen LogP contribution in [0, 0.1) is 11.3 Å². The van der Waals surface area contributed by atoms with E-state index in [0.717, 1.165) is 0 Å². The molecule has 1 aliphatic rings. The zero-order chi connectivity index (χ0) is 8.48. The average Bonchev–Trinajstić information content (AvgIpc) is 1.85. The molecule has 0 saturated heterocycles. The van der Waals surface area contributed by atoms with Crippen LogP contribution in [0.25, 0.3) is 0 Å². The molecular weight excluding hydrogens is 136 g/mol. The predicted octanol–water partition coefficient (Wildman–Crippen LogP) is 2.57. The van der Waals surface area contributed by atoms with Crippen LogP contribution in [0.4, 0.5) is 0 Å². The minimum absolute atomic E-state index is 0.160. The Morgan fingerprint density at radius 2 is 2.18 bits per heavy atom. The summed E-state index contributed by atoms with van der Waals surface area (Å²) in [6, 6.07) is 0. The largest absolute Gasteiger partial charge is 0.295 e. The molecule has 11 heavy (non-hydrogen) atoms. The van der Waals surface area contributed by atoms with Gasteiger partial charge in [0.15, 0.2) is 5.78 Å². The molecule has 0 aromatic rings. The van der Waals surface area contributed by atoms with E-state index in [4.69, 9.17) is 0 Å². The number of hydrogen-bond acceptors (Lipinski definition) is 1. The summed E-state index contributed by atoms with van der Waals surface area (Å²) in [7, 11) is 0. The van der Waals surface area contributed by atoms with Crippen molar-refractivity contribution >= 4 is 5.78 Å². The zero-order valence-corrected chi connectivity index (χ0v) is 7.55. The van der Waals surface area contributed by atoms with Crippen LogP contribution in [0.3, 0.4) is 0 Å². The Bertz CT molecular complexity index is 189. The molecule has 0 aliphatic heterocycles. The number of hydrogen-bond donors (Lipinski definition) is 0. The van der Waals surface area contributed by atoms with Crippen LogP contribution in [0.5, 0.6) is 0 Å². The van der Waals surface area contributed by atoms with Crippen molar-refractivity contribution in [3.63, 3.8) is 0 Å². The monoisotopic (exact) mass is 152 g/mol. The Morgan fingerprint density at radius 3 is 2.45 bits per heavy atom. The first-order valence-electron chi connectivity index (χ1n) is 4.21. The molecule has 1 nitrogen and oxygen atoms in total. The molecule has 0 heterocycles. The maximum atomic E-state index is 10.6. The van der Waals surface area contributed by atoms with Crippen molar-refractivity contribution in [1.29, 1.82) is 0 Å². The first-order valence-corrected chi connectivity index (χ1v) is 4.21. The fourth-order valence-electron chi connectivity index (χ4n) is 1.50. The Labute approximate surface area is 68.5 Å². The molecular formula is C10H16O. The van der Waals surface area contributed by atoms with Crippen LogP contribution in [0.2, 0.25) is 0 Å². The van der Waals surface area contributed by atoms with E-state index in [-0.39, 0.29) is 5.78 Å². The third-order valence-electron chi connectivity index (χ3n) is 2.67. The maximum absolute atomic E-state index is 10.6. The molecule has 0 aromatic carbocycles. The third kappa shape index (κ3) is 1.92. The fourth-order valence-corrected chi connectivity index (χ4v) is 1.50. The molecule has 1 heteroatoms. The van der Waals surface area contributed by atoms with Gasteiger partial charge in [-0.2, -0.15) is 0 Å². The number of carbonyl (C=O) groups excluding carboxylic acids is 1. The summed E-state index contributed by atoms with van der Waals surface area (Å²) in [5, 5.41) is 0. The lowest BCUT2D eigenvalue weighted by Crippen LogP contribution is -2.32. The summed E-state index contributed by atoms with van der Waals surface area (Å²) < 4.78 is 0. The molecule has 1 saturated carbocycles. The van der Waals surface area contributed by atoms with Crippen LogP contribution in [-0.4, -0.2) is 5.78 Å². The van der Waals surface area contributed by atoms with Crippen LogP contribution in [0.1, 0.15) is 33.6 Å². The molecule has 0 radical (unpaired) electrons. The molecule has 0 amide bonds. The van der Waals surface area contributed by atoms with Crippen molar-refractivity contribution in [3.8, 4) is 0 Å². The van der Waals surface area contributed by atoms with E-state index < -0.39 is 0 Å². The van der Waals surface area contributed by atoms with Gasteiger partial charge >= 0.3 is 0 Å². The van der Waals surface area contributed by atoms with Crippen LogP contribution in [-0.2, 0) is 4.79 Å². The van der Waals surface area contributed by atoms with E-state index in [2.05, 4.69) is 19.9 Å². The molecule has 1 rings (SSSR count). The van der Waals surface area contributed by atoms with Crippen LogP contribution < -0.4 is 0 Å². The number of ketones is 1. The highest BCUT2D eigenvalue weighted by molar-refractivity contribution is 5.87. The van der Waals surface area contributed by atoms with E-state index in [9.17, 15) is 4.79 Å². The summed E-state index contributed by atoms with van der Waals surface area (Å²) in [4.78, 5) is 10.6. The summed E-state index contributed by atoms with van der Waals surface area (Å²) in [5.74, 6) is 0.791. The summed E-state index contributed by atoms with van der Waals surface area (Å²) >= 11 is 0. The van der Waals surface area contributed by atoms with Gasteiger partial charge in [-0.25, -0.2) is 0 Å². The van der Waals surface area contributed by atoms with E-state index in [1.165, 1.54) is 12.8 Å². The van der Waals surface area contributed by atoms with Gasteiger partial charge in [0.2, 0.25) is 0 Å². The standard InChI is InChI=1S/C10H16O/c1-8(11)4-5-9-6-7-10(9,2)3/h4-5,9H,6-7H2,1-3H3. The van der Waals surface area contributed by atoms with Crippen LogP contribution >= 0.6 is 0 Å². The van der Waals surface area contributed by atoms with Gasteiger partial charge in [0.05, 0.1) is 0 Å². The Morgan fingerprint density at radius 1 is 1.55 bits per heavy atom. The lowest BCUT2D eigenvalue weighted by Gasteiger charge is -2.42. The Hall–Kier alpha value is -0.590. The minimum Gasteiger partial charge on any atom is -0.295 e. The highest BCUT2D eigenvalue weighted by Crippen LogP contribution is 2.46. The molecule has 1 unspecified atom stereocenters. The second kappa shape index (κ2) is 2.80. The lowest BCUT2D eigenvalue weighted by atomic mass is 9.62. The quantitative estimate of drug-likeness (QED) is 0.556. The molecule has 0 bridgehead atoms. The van der Waals surface area contributed by atoms with Crippen molar-refractivity contribution in [2.24, 2.45) is 11.3 Å². The maximum Gasteiger partial charge on any atom is 0.152 e. The predicted molar refractivity (Wildman–Crippen MR) is 46.3 cm³/mol. The van der Waals surface area contributed by atoms with E-state index in [1.54, 1.807) is 13.0 Å². The number of rotatable bonds is 2. The highest BCUT2D eigenvalue weighted by Gasteiger charge is 2.36. The van der Waals surface area contributed by atoms with Gasteiger partial charge in [0.1, 0.15) is 0 Å². The Balaban J connectivity index is 2.45. The van der Waals surface area contributed by atoms with Gasteiger partial charge in [0.25, 0.3) is 0 Å². The average molecular weight is 152 g/mol. The second-order valence-electron chi connectivity index (χ2n) is 4.10. The molecule has 62 valence electrons. The molecule has 0 spiro atoms. The minimum atomic E-state index is 0.160. The molecule has 0 N–H and O–H groups in total. The van der Waals surface area contributed by atoms with Gasteiger partial charge in [-0.1, -0.05) is 19.9 Å². The van der Waals surface area contributed by atoms with E-state index >= 15 is 0 Å². The third-order valence-corrected chi connectivity index (χ3v) is 2.67. The molecule has 1 aliphatic carbocycles. The van der Waals surface area contributed by atoms with Crippen LogP contribution in [0.15, 0.2) is 12.2 Å². The van der Waals surface area contributed by atoms with Gasteiger partial charge in [-0.05, 0) is 37.2 Å². The lowest BCUT2D eigenvalue weighted by molar-refractivity contribution is -0.112. The molecule has 1 atom stereocenters. The summed E-state index contributed by atoms with van der Waals surface area (Å²) in [6.07, 6.45) is 6.30. The summed E-state index contributed by atoms with van der Waals surface area (Å²) in [5.41, 5.74) is 0.436. The van der Waals surface area contributed by atoms with Gasteiger partial charge in [0, 0.05) is 0 Å². The van der Waals surface area contributed by atoms with Gasteiger partial charge in [-0.3, -0.25) is 4.79 Å². The Kier molecular flexibility index (Phi) is 2.17. The molecule has 0 aromatic heterocycles. The first-order chi connectivity index (χ1) is 5.02. The van der Waals surface area contributed by atoms with Gasteiger partial charge < -0.3 is 0 Å². The highest BCUT2D eigenvalue weighted by atomic mass is 16.1. The zero-order valence-electron chi connectivity index (χ0n) is 7.55. The normalized spacial score (nSPS) is 28.5. The van der Waals surface area contributed by atoms with Crippen molar-refractivity contribution in [3.05, 3.63) is 12.2 Å². The smallest absolute Gasteiger partial charge is 0.152 e. The fraction of sp³-hybridized carbons (Fsp3) is 0.700. The van der Waals surface area contributed by atoms with Crippen molar-refractivity contribution in [1.82, 2.24) is 0 Å². The van der Waals surface area contributed by atoms with Crippen molar-refractivity contribution < 1.29 is 4.79 Å². The SMILES string of the molecule is CC(=O)C=CC1CCC1(C)C. The molecule has 1 fully saturated rings. The van der Waals surface area contributed by atoms with Gasteiger partial charge in [-0.15, -0.1) is 0 Å². The van der Waals surface area contributed by atoms with E-state index in [0.29, 0.717) is 11.3 Å². The second-order valence-corrected chi connectivity index (χ2v) is 4.10.